The summed E-state index contributed by atoms with van der Waals surface area (Å²) in [5, 5.41) is 2.75. The third-order valence-corrected chi connectivity index (χ3v) is 3.14. The molecule has 0 saturated heterocycles. The Bertz CT molecular complexity index is 852. The van der Waals surface area contributed by atoms with Crippen LogP contribution in [-0.2, 0) is 0 Å². The van der Waals surface area contributed by atoms with Gasteiger partial charge in [0.25, 0.3) is 5.91 Å². The molecule has 0 radical (unpaired) electrons. The lowest BCUT2D eigenvalue weighted by atomic mass is 10.2. The number of para-hydroxylation sites is 2. The van der Waals surface area contributed by atoms with E-state index in [1.165, 1.54) is 18.6 Å². The molecule has 0 aliphatic carbocycles. The van der Waals surface area contributed by atoms with Crippen LogP contribution in [0.1, 0.15) is 20.8 Å². The largest absolute Gasteiger partial charge is 0.421 e. The molecule has 6 nitrogen and oxygen atoms in total. The first-order chi connectivity index (χ1) is 11.7. The third kappa shape index (κ3) is 3.61. The molecule has 0 aliphatic rings. The van der Waals surface area contributed by atoms with Crippen LogP contribution in [0, 0.1) is 0 Å². The molecule has 1 aromatic heterocycles. The van der Waals surface area contributed by atoms with Crippen LogP contribution in [0.3, 0.4) is 0 Å². The lowest BCUT2D eigenvalue weighted by Crippen LogP contribution is -2.16. The number of rotatable bonds is 4. The Kier molecular flexibility index (Phi) is 4.57. The number of hydrogen-bond acceptors (Lipinski definition) is 5. The van der Waals surface area contributed by atoms with Gasteiger partial charge in [0.05, 0.1) is 11.8 Å². The summed E-state index contributed by atoms with van der Waals surface area (Å²) in [7, 11) is 0. The molecule has 6 heteroatoms. The number of carbonyl (C=O) groups excluding carboxylic acids is 2. The number of amides is 1. The molecule has 0 fully saturated rings. The number of ether oxygens (including phenoxy) is 1. The maximum atomic E-state index is 12.4. The third-order valence-electron chi connectivity index (χ3n) is 3.14. The summed E-state index contributed by atoms with van der Waals surface area (Å²) in [6.45, 7) is 0. The maximum Gasteiger partial charge on any atom is 0.363 e. The molecule has 0 atom stereocenters. The summed E-state index contributed by atoms with van der Waals surface area (Å²) in [4.78, 5) is 32.2. The Hall–Kier alpha value is -3.54. The molecule has 0 bridgehead atoms. The lowest BCUT2D eigenvalue weighted by Gasteiger charge is -2.10. The minimum atomic E-state index is -0.678. The summed E-state index contributed by atoms with van der Waals surface area (Å²) < 4.78 is 5.29. The molecular weight excluding hydrogens is 306 g/mol. The van der Waals surface area contributed by atoms with E-state index in [0.29, 0.717) is 5.69 Å². The van der Waals surface area contributed by atoms with Crippen LogP contribution in [0.5, 0.6) is 5.75 Å². The first-order valence-electron chi connectivity index (χ1n) is 7.17. The van der Waals surface area contributed by atoms with Crippen molar-refractivity contribution in [2.24, 2.45) is 0 Å². The van der Waals surface area contributed by atoms with Gasteiger partial charge in [0.15, 0.2) is 5.69 Å². The van der Waals surface area contributed by atoms with E-state index in [4.69, 9.17) is 4.74 Å². The first-order valence-corrected chi connectivity index (χ1v) is 7.17. The SMILES string of the molecule is O=C(Oc1ccccc1C(=O)Nc1ccccc1)c1cnccn1. The van der Waals surface area contributed by atoms with Gasteiger partial charge in [-0.25, -0.2) is 9.78 Å². The van der Waals surface area contributed by atoms with Crippen molar-refractivity contribution >= 4 is 17.6 Å². The van der Waals surface area contributed by atoms with Crippen molar-refractivity contribution in [2.45, 2.75) is 0 Å². The van der Waals surface area contributed by atoms with Gasteiger partial charge in [-0.3, -0.25) is 9.78 Å². The molecule has 0 aliphatic heterocycles. The molecule has 3 aromatic rings. The number of anilines is 1. The molecule has 0 spiro atoms. The lowest BCUT2D eigenvalue weighted by molar-refractivity contribution is 0.0726. The Morgan fingerprint density at radius 3 is 2.42 bits per heavy atom. The summed E-state index contributed by atoms with van der Waals surface area (Å²) in [5.74, 6) is -0.895. The van der Waals surface area contributed by atoms with Crippen molar-refractivity contribution in [2.75, 3.05) is 5.32 Å². The molecule has 1 amide bonds. The first kappa shape index (κ1) is 15.4. The highest BCUT2D eigenvalue weighted by Gasteiger charge is 2.17. The van der Waals surface area contributed by atoms with Gasteiger partial charge < -0.3 is 10.1 Å². The Balaban J connectivity index is 1.80. The number of hydrogen-bond donors (Lipinski definition) is 1. The van der Waals surface area contributed by atoms with Crippen LogP contribution in [0.2, 0.25) is 0 Å². The van der Waals surface area contributed by atoms with E-state index in [1.54, 1.807) is 36.4 Å². The van der Waals surface area contributed by atoms with Crippen molar-refractivity contribution < 1.29 is 14.3 Å². The number of aromatic nitrogens is 2. The van der Waals surface area contributed by atoms with Gasteiger partial charge in [-0.15, -0.1) is 0 Å². The van der Waals surface area contributed by atoms with Gasteiger partial charge in [-0.2, -0.15) is 0 Å². The quantitative estimate of drug-likeness (QED) is 0.590. The second-order valence-electron chi connectivity index (χ2n) is 4.80. The van der Waals surface area contributed by atoms with Gasteiger partial charge in [-0.1, -0.05) is 30.3 Å². The minimum absolute atomic E-state index is 0.0655. The van der Waals surface area contributed by atoms with Gasteiger partial charge in [0, 0.05) is 18.1 Å². The number of nitrogens with one attached hydrogen (secondary N) is 1. The molecule has 2 aromatic carbocycles. The van der Waals surface area contributed by atoms with Crippen LogP contribution < -0.4 is 10.1 Å². The molecule has 3 rings (SSSR count). The van der Waals surface area contributed by atoms with Crippen molar-refractivity contribution in [1.82, 2.24) is 9.97 Å². The fourth-order valence-electron chi connectivity index (χ4n) is 2.02. The fourth-order valence-corrected chi connectivity index (χ4v) is 2.02. The Labute approximate surface area is 138 Å². The zero-order chi connectivity index (χ0) is 16.8. The summed E-state index contributed by atoms with van der Waals surface area (Å²) in [5.41, 5.74) is 0.965. The van der Waals surface area contributed by atoms with Gasteiger partial charge in [0.1, 0.15) is 5.75 Å². The molecule has 0 unspecified atom stereocenters. The van der Waals surface area contributed by atoms with Gasteiger partial charge in [0.2, 0.25) is 0 Å². The fraction of sp³-hybridized carbons (Fsp3) is 0. The summed E-state index contributed by atoms with van der Waals surface area (Å²) >= 11 is 0. The van der Waals surface area contributed by atoms with Gasteiger partial charge >= 0.3 is 5.97 Å². The van der Waals surface area contributed by atoms with E-state index in [0.717, 1.165) is 0 Å². The molecule has 24 heavy (non-hydrogen) atoms. The molecular formula is C18H13N3O3. The predicted octanol–water partition coefficient (Wildman–Crippen LogP) is 2.95. The van der Waals surface area contributed by atoms with Crippen molar-refractivity contribution in [3.8, 4) is 5.75 Å². The second-order valence-corrected chi connectivity index (χ2v) is 4.80. The van der Waals surface area contributed by atoms with Crippen molar-refractivity contribution in [1.29, 1.82) is 0 Å². The van der Waals surface area contributed by atoms with E-state index in [-0.39, 0.29) is 22.9 Å². The van der Waals surface area contributed by atoms with E-state index in [9.17, 15) is 9.59 Å². The van der Waals surface area contributed by atoms with E-state index in [1.807, 2.05) is 18.2 Å². The molecule has 1 N–H and O–H groups in total. The summed E-state index contributed by atoms with van der Waals surface area (Å²) in [6, 6.07) is 15.5. The van der Waals surface area contributed by atoms with Crippen LogP contribution in [0.4, 0.5) is 5.69 Å². The van der Waals surface area contributed by atoms with Crippen LogP contribution in [0.25, 0.3) is 0 Å². The van der Waals surface area contributed by atoms with E-state index >= 15 is 0 Å². The number of carbonyl (C=O) groups is 2. The van der Waals surface area contributed by atoms with Crippen molar-refractivity contribution in [3.63, 3.8) is 0 Å². The zero-order valence-electron chi connectivity index (χ0n) is 12.5. The molecule has 0 saturated carbocycles. The Morgan fingerprint density at radius 1 is 0.917 bits per heavy atom. The minimum Gasteiger partial charge on any atom is -0.421 e. The average Bonchev–Trinajstić information content (AvgIpc) is 2.63. The smallest absolute Gasteiger partial charge is 0.363 e. The van der Waals surface area contributed by atoms with E-state index < -0.39 is 5.97 Å². The van der Waals surface area contributed by atoms with E-state index in [2.05, 4.69) is 15.3 Å². The number of nitrogens with zero attached hydrogens (tertiary/aromatic N) is 2. The van der Waals surface area contributed by atoms with Crippen LogP contribution in [-0.4, -0.2) is 21.8 Å². The standard InChI is InChI=1S/C18H13N3O3/c22-17(21-13-6-2-1-3-7-13)14-8-4-5-9-16(14)24-18(23)15-12-19-10-11-20-15/h1-12H,(H,21,22). The highest BCUT2D eigenvalue weighted by Crippen LogP contribution is 2.20. The number of esters is 1. The zero-order valence-corrected chi connectivity index (χ0v) is 12.5. The van der Waals surface area contributed by atoms with Crippen LogP contribution >= 0.6 is 0 Å². The highest BCUT2D eigenvalue weighted by atomic mass is 16.5. The second kappa shape index (κ2) is 7.15. The normalized spacial score (nSPS) is 10.0. The predicted molar refractivity (Wildman–Crippen MR) is 87.8 cm³/mol. The van der Waals surface area contributed by atoms with Crippen molar-refractivity contribution in [3.05, 3.63) is 84.4 Å². The molecule has 1 heterocycles. The maximum absolute atomic E-state index is 12.4. The topological polar surface area (TPSA) is 81.2 Å². The van der Waals surface area contributed by atoms with Gasteiger partial charge in [-0.05, 0) is 24.3 Å². The highest BCUT2D eigenvalue weighted by molar-refractivity contribution is 6.06. The Morgan fingerprint density at radius 2 is 1.67 bits per heavy atom. The van der Waals surface area contributed by atoms with Crippen LogP contribution in [0.15, 0.2) is 73.2 Å². The molecule has 118 valence electrons. The number of benzene rings is 2. The average molecular weight is 319 g/mol. The summed E-state index contributed by atoms with van der Waals surface area (Å²) in [6.07, 6.45) is 4.15. The monoisotopic (exact) mass is 319 g/mol.